The first-order chi connectivity index (χ1) is 9.08. The predicted octanol–water partition coefficient (Wildman–Crippen LogP) is 4.29. The molecular weight excluding hydrogens is 252 g/mol. The number of anilines is 1. The number of para-hydroxylation sites is 1. The Morgan fingerprint density at radius 2 is 1.95 bits per heavy atom. The molecular formula is C16H22N2S. The highest BCUT2D eigenvalue weighted by Crippen LogP contribution is 2.28. The Labute approximate surface area is 120 Å². The Hall–Kier alpha value is -1.32. The third-order valence-electron chi connectivity index (χ3n) is 3.17. The molecule has 0 aliphatic rings. The van der Waals surface area contributed by atoms with Gasteiger partial charge in [-0.1, -0.05) is 18.2 Å². The molecule has 0 saturated carbocycles. The zero-order valence-electron chi connectivity index (χ0n) is 12.1. The molecule has 2 nitrogen and oxygen atoms in total. The van der Waals surface area contributed by atoms with Gasteiger partial charge < -0.3 is 10.2 Å². The Balaban J connectivity index is 2.17. The summed E-state index contributed by atoms with van der Waals surface area (Å²) in [7, 11) is 4.20. The zero-order chi connectivity index (χ0) is 13.8. The van der Waals surface area contributed by atoms with Crippen molar-refractivity contribution in [1.82, 2.24) is 4.90 Å². The second kappa shape index (κ2) is 6.22. The quantitative estimate of drug-likeness (QED) is 0.875. The van der Waals surface area contributed by atoms with Crippen molar-refractivity contribution in [2.45, 2.75) is 26.4 Å². The van der Waals surface area contributed by atoms with Crippen LogP contribution >= 0.6 is 11.3 Å². The predicted molar refractivity (Wildman–Crippen MR) is 84.9 cm³/mol. The second-order valence-corrected chi connectivity index (χ2v) is 6.18. The van der Waals surface area contributed by atoms with Crippen LogP contribution in [0, 0.1) is 6.92 Å². The highest BCUT2D eigenvalue weighted by molar-refractivity contribution is 7.10. The third kappa shape index (κ3) is 3.58. The Bertz CT molecular complexity index is 531. The van der Waals surface area contributed by atoms with Crippen LogP contribution in [0.25, 0.3) is 0 Å². The number of hydrogen-bond donors (Lipinski definition) is 1. The molecule has 0 radical (unpaired) electrons. The molecule has 1 aromatic heterocycles. The monoisotopic (exact) mass is 274 g/mol. The molecule has 1 unspecified atom stereocenters. The number of nitrogens with one attached hydrogen (secondary N) is 1. The fourth-order valence-corrected chi connectivity index (χ4v) is 3.20. The summed E-state index contributed by atoms with van der Waals surface area (Å²) < 4.78 is 0. The minimum atomic E-state index is 0.350. The van der Waals surface area contributed by atoms with Gasteiger partial charge >= 0.3 is 0 Å². The lowest BCUT2D eigenvalue weighted by Crippen LogP contribution is -2.14. The maximum absolute atomic E-state index is 3.64. The van der Waals surface area contributed by atoms with Crippen molar-refractivity contribution < 1.29 is 0 Å². The first-order valence-electron chi connectivity index (χ1n) is 6.61. The van der Waals surface area contributed by atoms with Gasteiger partial charge in [-0.05, 0) is 56.6 Å². The Kier molecular flexibility index (Phi) is 4.61. The molecule has 0 aliphatic carbocycles. The van der Waals surface area contributed by atoms with E-state index in [0.717, 1.165) is 6.54 Å². The maximum Gasteiger partial charge on any atom is 0.0581 e. The molecule has 1 aromatic carbocycles. The molecule has 1 heterocycles. The van der Waals surface area contributed by atoms with E-state index in [-0.39, 0.29) is 0 Å². The van der Waals surface area contributed by atoms with Gasteiger partial charge in [-0.15, -0.1) is 11.3 Å². The standard InChI is InChI=1S/C16H22N2S/c1-12-9-10-19-16(12)13(2)17-15-8-6-5-7-14(15)11-18(3)4/h5-10,13,17H,11H2,1-4H3. The van der Waals surface area contributed by atoms with E-state index in [4.69, 9.17) is 0 Å². The largest absolute Gasteiger partial charge is 0.377 e. The van der Waals surface area contributed by atoms with E-state index in [2.05, 4.69) is 73.9 Å². The van der Waals surface area contributed by atoms with Crippen LogP contribution in [0.15, 0.2) is 35.7 Å². The van der Waals surface area contributed by atoms with E-state index in [1.807, 2.05) is 11.3 Å². The third-order valence-corrected chi connectivity index (χ3v) is 4.37. The highest BCUT2D eigenvalue weighted by Gasteiger charge is 2.11. The van der Waals surface area contributed by atoms with Crippen LogP contribution in [-0.4, -0.2) is 19.0 Å². The van der Waals surface area contributed by atoms with E-state index < -0.39 is 0 Å². The van der Waals surface area contributed by atoms with E-state index in [1.165, 1.54) is 21.7 Å². The minimum absolute atomic E-state index is 0.350. The lowest BCUT2D eigenvalue weighted by molar-refractivity contribution is 0.403. The summed E-state index contributed by atoms with van der Waals surface area (Å²) >= 11 is 1.82. The van der Waals surface area contributed by atoms with Crippen molar-refractivity contribution in [1.29, 1.82) is 0 Å². The molecule has 0 bridgehead atoms. The maximum atomic E-state index is 3.64. The number of thiophene rings is 1. The van der Waals surface area contributed by atoms with E-state index in [9.17, 15) is 0 Å². The van der Waals surface area contributed by atoms with Gasteiger partial charge in [-0.25, -0.2) is 0 Å². The molecule has 102 valence electrons. The highest BCUT2D eigenvalue weighted by atomic mass is 32.1. The van der Waals surface area contributed by atoms with Crippen LogP contribution in [0.1, 0.15) is 29.0 Å². The number of nitrogens with zero attached hydrogens (tertiary/aromatic N) is 1. The van der Waals surface area contributed by atoms with E-state index in [1.54, 1.807) is 0 Å². The van der Waals surface area contributed by atoms with Crippen LogP contribution in [-0.2, 0) is 6.54 Å². The smallest absolute Gasteiger partial charge is 0.0581 e. The average Bonchev–Trinajstić information content (AvgIpc) is 2.77. The van der Waals surface area contributed by atoms with Crippen LogP contribution in [0.2, 0.25) is 0 Å². The van der Waals surface area contributed by atoms with Crippen LogP contribution in [0.4, 0.5) is 5.69 Å². The molecule has 0 aliphatic heterocycles. The van der Waals surface area contributed by atoms with Crippen LogP contribution in [0.5, 0.6) is 0 Å². The first-order valence-corrected chi connectivity index (χ1v) is 7.49. The van der Waals surface area contributed by atoms with Crippen molar-refractivity contribution in [2.75, 3.05) is 19.4 Å². The minimum Gasteiger partial charge on any atom is -0.377 e. The van der Waals surface area contributed by atoms with Gasteiger partial charge in [0, 0.05) is 17.1 Å². The van der Waals surface area contributed by atoms with Gasteiger partial charge in [0.2, 0.25) is 0 Å². The van der Waals surface area contributed by atoms with Gasteiger partial charge in [0.25, 0.3) is 0 Å². The lowest BCUT2D eigenvalue weighted by atomic mass is 10.1. The fourth-order valence-electron chi connectivity index (χ4n) is 2.27. The van der Waals surface area contributed by atoms with Gasteiger partial charge in [-0.3, -0.25) is 0 Å². The molecule has 0 fully saturated rings. The molecule has 0 amide bonds. The van der Waals surface area contributed by atoms with E-state index in [0.29, 0.717) is 6.04 Å². The number of hydrogen-bond acceptors (Lipinski definition) is 3. The van der Waals surface area contributed by atoms with E-state index >= 15 is 0 Å². The lowest BCUT2D eigenvalue weighted by Gasteiger charge is -2.19. The molecule has 2 aromatic rings. The molecule has 1 N–H and O–H groups in total. The Morgan fingerprint density at radius 3 is 2.58 bits per heavy atom. The van der Waals surface area contributed by atoms with Crippen LogP contribution < -0.4 is 5.32 Å². The number of rotatable bonds is 5. The molecule has 0 saturated heterocycles. The van der Waals surface area contributed by atoms with Gasteiger partial charge in [0.05, 0.1) is 6.04 Å². The molecule has 2 rings (SSSR count). The van der Waals surface area contributed by atoms with Crippen LogP contribution in [0.3, 0.4) is 0 Å². The summed E-state index contributed by atoms with van der Waals surface area (Å²) in [5.41, 5.74) is 3.94. The summed E-state index contributed by atoms with van der Waals surface area (Å²) in [4.78, 5) is 3.61. The SMILES string of the molecule is Cc1ccsc1C(C)Nc1ccccc1CN(C)C. The average molecular weight is 274 g/mol. The normalized spacial score (nSPS) is 12.7. The van der Waals surface area contributed by atoms with Crippen molar-refractivity contribution in [2.24, 2.45) is 0 Å². The van der Waals surface area contributed by atoms with Crippen molar-refractivity contribution >= 4 is 17.0 Å². The number of benzene rings is 1. The van der Waals surface area contributed by atoms with Gasteiger partial charge in [-0.2, -0.15) is 0 Å². The zero-order valence-corrected chi connectivity index (χ0v) is 12.9. The fraction of sp³-hybridized carbons (Fsp3) is 0.375. The van der Waals surface area contributed by atoms with Crippen molar-refractivity contribution in [3.05, 3.63) is 51.7 Å². The summed E-state index contributed by atoms with van der Waals surface area (Å²) in [6.07, 6.45) is 0. The number of aryl methyl sites for hydroxylation is 1. The Morgan fingerprint density at radius 1 is 1.21 bits per heavy atom. The van der Waals surface area contributed by atoms with Crippen molar-refractivity contribution in [3.63, 3.8) is 0 Å². The molecule has 3 heteroatoms. The van der Waals surface area contributed by atoms with Crippen molar-refractivity contribution in [3.8, 4) is 0 Å². The summed E-state index contributed by atoms with van der Waals surface area (Å²) in [6, 6.07) is 11.1. The van der Waals surface area contributed by atoms with Gasteiger partial charge in [0.1, 0.15) is 0 Å². The summed E-state index contributed by atoms with van der Waals surface area (Å²) in [6.45, 7) is 5.36. The molecule has 19 heavy (non-hydrogen) atoms. The topological polar surface area (TPSA) is 15.3 Å². The second-order valence-electron chi connectivity index (χ2n) is 5.23. The summed E-state index contributed by atoms with van der Waals surface area (Å²) in [5, 5.41) is 5.80. The first kappa shape index (κ1) is 14.1. The summed E-state index contributed by atoms with van der Waals surface area (Å²) in [5.74, 6) is 0. The molecule has 1 atom stereocenters. The van der Waals surface area contributed by atoms with Gasteiger partial charge in [0.15, 0.2) is 0 Å². The molecule has 0 spiro atoms.